The summed E-state index contributed by atoms with van der Waals surface area (Å²) in [6.07, 6.45) is 5.69. The minimum absolute atomic E-state index is 0.0454. The van der Waals surface area contributed by atoms with Crippen molar-refractivity contribution < 1.29 is 9.47 Å². The van der Waals surface area contributed by atoms with Gasteiger partial charge in [0.25, 0.3) is 0 Å². The number of para-hydroxylation sites is 1. The Hall–Kier alpha value is -1.06. The molecular weight excluding hydrogens is 250 g/mol. The molecule has 0 radical (unpaired) electrons. The highest BCUT2D eigenvalue weighted by atomic mass is 16.5. The molecule has 1 aliphatic carbocycles. The largest absolute Gasteiger partial charge is 0.493 e. The molecule has 0 spiro atoms. The Bertz CT molecular complexity index is 463. The van der Waals surface area contributed by atoms with Crippen molar-refractivity contribution in [1.82, 2.24) is 5.32 Å². The quantitative estimate of drug-likeness (QED) is 0.864. The van der Waals surface area contributed by atoms with Gasteiger partial charge in [0.15, 0.2) is 0 Å². The van der Waals surface area contributed by atoms with Crippen molar-refractivity contribution in [2.24, 2.45) is 0 Å². The lowest BCUT2D eigenvalue weighted by Crippen LogP contribution is -2.50. The van der Waals surface area contributed by atoms with Crippen molar-refractivity contribution in [3.63, 3.8) is 0 Å². The maximum absolute atomic E-state index is 5.93. The van der Waals surface area contributed by atoms with Crippen LogP contribution in [-0.2, 0) is 11.2 Å². The number of fused-ring (bicyclic) bond motifs is 1. The molecule has 20 heavy (non-hydrogen) atoms. The second-order valence-corrected chi connectivity index (χ2v) is 5.94. The van der Waals surface area contributed by atoms with E-state index in [1.54, 1.807) is 0 Å². The van der Waals surface area contributed by atoms with Crippen LogP contribution in [0.25, 0.3) is 0 Å². The minimum atomic E-state index is -0.0454. The standard InChI is InChI=1S/C17H25NO2/c1-3-11-18-16(17(19-2)9-5-10-17)14-7-4-6-13-8-12-20-15(13)14/h4,6-7,16,18H,3,5,8-12H2,1-2H3. The van der Waals surface area contributed by atoms with Gasteiger partial charge in [-0.2, -0.15) is 0 Å². The zero-order valence-corrected chi connectivity index (χ0v) is 12.6. The average Bonchev–Trinajstić information content (AvgIpc) is 2.90. The highest BCUT2D eigenvalue weighted by molar-refractivity contribution is 5.47. The Balaban J connectivity index is 1.95. The monoisotopic (exact) mass is 275 g/mol. The van der Waals surface area contributed by atoms with Gasteiger partial charge in [0.05, 0.1) is 18.2 Å². The first-order chi connectivity index (χ1) is 9.80. The summed E-state index contributed by atoms with van der Waals surface area (Å²) in [4.78, 5) is 0. The van der Waals surface area contributed by atoms with Gasteiger partial charge in [0.1, 0.15) is 5.75 Å². The number of hydrogen-bond donors (Lipinski definition) is 1. The summed E-state index contributed by atoms with van der Waals surface area (Å²) in [7, 11) is 1.85. The number of benzene rings is 1. The van der Waals surface area contributed by atoms with E-state index in [0.717, 1.165) is 44.6 Å². The van der Waals surface area contributed by atoms with E-state index in [2.05, 4.69) is 30.4 Å². The summed E-state index contributed by atoms with van der Waals surface area (Å²) in [5.41, 5.74) is 2.59. The molecule has 1 fully saturated rings. The molecule has 2 aliphatic rings. The predicted molar refractivity (Wildman–Crippen MR) is 80.3 cm³/mol. The lowest BCUT2D eigenvalue weighted by atomic mass is 9.71. The molecule has 3 nitrogen and oxygen atoms in total. The third kappa shape index (κ3) is 2.23. The Kier molecular flexibility index (Phi) is 3.99. The Morgan fingerprint density at radius 1 is 1.40 bits per heavy atom. The summed E-state index contributed by atoms with van der Waals surface area (Å²) in [6.45, 7) is 4.03. The Morgan fingerprint density at radius 3 is 2.90 bits per heavy atom. The first-order valence-corrected chi connectivity index (χ1v) is 7.84. The lowest BCUT2D eigenvalue weighted by molar-refractivity contribution is -0.100. The van der Waals surface area contributed by atoms with Crippen LogP contribution in [0.15, 0.2) is 18.2 Å². The molecule has 0 bridgehead atoms. The summed E-state index contributed by atoms with van der Waals surface area (Å²) >= 11 is 0. The molecule has 1 aromatic rings. The summed E-state index contributed by atoms with van der Waals surface area (Å²) in [6, 6.07) is 6.79. The first-order valence-electron chi connectivity index (χ1n) is 7.84. The molecule has 1 saturated carbocycles. The fourth-order valence-corrected chi connectivity index (χ4v) is 3.47. The number of rotatable bonds is 6. The molecule has 1 heterocycles. The first kappa shape index (κ1) is 13.9. The molecule has 1 aromatic carbocycles. The van der Waals surface area contributed by atoms with Crippen LogP contribution in [0.3, 0.4) is 0 Å². The van der Waals surface area contributed by atoms with Crippen molar-refractivity contribution in [2.45, 2.75) is 50.7 Å². The normalized spacial score (nSPS) is 20.9. The van der Waals surface area contributed by atoms with Crippen LogP contribution < -0.4 is 10.1 Å². The number of nitrogens with one attached hydrogen (secondary N) is 1. The maximum atomic E-state index is 5.93. The average molecular weight is 275 g/mol. The fraction of sp³-hybridized carbons (Fsp3) is 0.647. The van der Waals surface area contributed by atoms with Crippen molar-refractivity contribution in [1.29, 1.82) is 0 Å². The van der Waals surface area contributed by atoms with E-state index >= 15 is 0 Å². The van der Waals surface area contributed by atoms with E-state index < -0.39 is 0 Å². The van der Waals surface area contributed by atoms with Gasteiger partial charge in [0.2, 0.25) is 0 Å². The fourth-order valence-electron chi connectivity index (χ4n) is 3.47. The van der Waals surface area contributed by atoms with Gasteiger partial charge < -0.3 is 14.8 Å². The van der Waals surface area contributed by atoms with Crippen molar-refractivity contribution in [3.8, 4) is 5.75 Å². The molecule has 3 rings (SSSR count). The third-order valence-electron chi connectivity index (χ3n) is 4.79. The van der Waals surface area contributed by atoms with Crippen molar-refractivity contribution >= 4 is 0 Å². The van der Waals surface area contributed by atoms with Crippen molar-refractivity contribution in [2.75, 3.05) is 20.3 Å². The lowest BCUT2D eigenvalue weighted by Gasteiger charge is -2.47. The zero-order valence-electron chi connectivity index (χ0n) is 12.6. The minimum Gasteiger partial charge on any atom is -0.493 e. The van der Waals surface area contributed by atoms with E-state index in [1.807, 2.05) is 7.11 Å². The summed E-state index contributed by atoms with van der Waals surface area (Å²) in [5, 5.41) is 3.70. The third-order valence-corrected chi connectivity index (χ3v) is 4.79. The van der Waals surface area contributed by atoms with E-state index in [0.29, 0.717) is 0 Å². The number of methoxy groups -OCH3 is 1. The SMILES string of the molecule is CCCNC(c1cccc2c1OCC2)C1(OC)CCC1. The van der Waals surface area contributed by atoms with Gasteiger partial charge in [-0.05, 0) is 37.8 Å². The van der Waals surface area contributed by atoms with Crippen LogP contribution in [0.2, 0.25) is 0 Å². The predicted octanol–water partition coefficient (Wildman–Crippen LogP) is 3.23. The van der Waals surface area contributed by atoms with Crippen LogP contribution in [0.4, 0.5) is 0 Å². The Morgan fingerprint density at radius 2 is 2.25 bits per heavy atom. The molecule has 110 valence electrons. The van der Waals surface area contributed by atoms with Crippen LogP contribution in [0, 0.1) is 0 Å². The molecule has 1 atom stereocenters. The summed E-state index contributed by atoms with van der Waals surface area (Å²) in [5.74, 6) is 1.10. The number of hydrogen-bond acceptors (Lipinski definition) is 3. The molecule has 1 unspecified atom stereocenters. The molecule has 0 saturated heterocycles. The highest BCUT2D eigenvalue weighted by Gasteiger charge is 2.46. The second kappa shape index (κ2) is 5.74. The molecule has 0 amide bonds. The Labute approximate surface area is 121 Å². The van der Waals surface area contributed by atoms with Gasteiger partial charge in [-0.15, -0.1) is 0 Å². The van der Waals surface area contributed by atoms with Crippen molar-refractivity contribution in [3.05, 3.63) is 29.3 Å². The summed E-state index contributed by atoms with van der Waals surface area (Å²) < 4.78 is 11.8. The van der Waals surface area contributed by atoms with Crippen LogP contribution >= 0.6 is 0 Å². The van der Waals surface area contributed by atoms with Crippen LogP contribution in [0.1, 0.15) is 49.8 Å². The van der Waals surface area contributed by atoms with E-state index in [1.165, 1.54) is 17.5 Å². The number of ether oxygens (including phenoxy) is 2. The highest BCUT2D eigenvalue weighted by Crippen LogP contribution is 2.48. The van der Waals surface area contributed by atoms with Gasteiger partial charge in [-0.25, -0.2) is 0 Å². The maximum Gasteiger partial charge on any atom is 0.127 e. The van der Waals surface area contributed by atoms with Gasteiger partial charge in [-0.1, -0.05) is 25.1 Å². The second-order valence-electron chi connectivity index (χ2n) is 5.94. The van der Waals surface area contributed by atoms with E-state index in [9.17, 15) is 0 Å². The zero-order chi connectivity index (χ0) is 14.0. The van der Waals surface area contributed by atoms with E-state index in [-0.39, 0.29) is 11.6 Å². The smallest absolute Gasteiger partial charge is 0.127 e. The van der Waals surface area contributed by atoms with Gasteiger partial charge in [0, 0.05) is 19.1 Å². The molecule has 0 aromatic heterocycles. The molecule has 1 aliphatic heterocycles. The van der Waals surface area contributed by atoms with Gasteiger partial charge >= 0.3 is 0 Å². The molecule has 3 heteroatoms. The van der Waals surface area contributed by atoms with E-state index in [4.69, 9.17) is 9.47 Å². The molecular formula is C17H25NO2. The van der Waals surface area contributed by atoms with Gasteiger partial charge in [-0.3, -0.25) is 0 Å². The molecule has 1 N–H and O–H groups in total. The topological polar surface area (TPSA) is 30.5 Å². The van der Waals surface area contributed by atoms with Crippen LogP contribution in [0.5, 0.6) is 5.75 Å². The van der Waals surface area contributed by atoms with Crippen LogP contribution in [-0.4, -0.2) is 25.9 Å².